The summed E-state index contributed by atoms with van der Waals surface area (Å²) in [7, 11) is -1.18. The molecule has 0 N–H and O–H groups in total. The summed E-state index contributed by atoms with van der Waals surface area (Å²) in [5.74, 6) is -1.04. The fourth-order valence-electron chi connectivity index (χ4n) is 5.34. The van der Waals surface area contributed by atoms with Crippen molar-refractivity contribution in [3.8, 4) is 5.75 Å². The molecule has 1 fully saturated rings. The number of carbonyl (C=O) groups excluding carboxylic acids is 2. The summed E-state index contributed by atoms with van der Waals surface area (Å²) in [6.45, 7) is 4.70. The van der Waals surface area contributed by atoms with Gasteiger partial charge < -0.3 is 14.2 Å². The number of unbranched alkanes of at least 4 members (excludes halogenated alkanes) is 1. The van der Waals surface area contributed by atoms with Crippen LogP contribution in [0.2, 0.25) is 18.1 Å². The lowest BCUT2D eigenvalue weighted by molar-refractivity contribution is -0.161. The molecule has 2 aromatic carbocycles. The number of ether oxygens (including phenoxy) is 3. The van der Waals surface area contributed by atoms with Gasteiger partial charge in [0.05, 0.1) is 27.9 Å². The fraction of sp³-hybridized carbons (Fsp3) is 0.533. The first kappa shape index (κ1) is 28.0. The number of benzene rings is 2. The van der Waals surface area contributed by atoms with Gasteiger partial charge >= 0.3 is 11.9 Å². The lowest BCUT2D eigenvalue weighted by Gasteiger charge is -2.27. The van der Waals surface area contributed by atoms with Crippen LogP contribution in [0.3, 0.4) is 0 Å². The molecule has 0 aromatic heterocycles. The van der Waals surface area contributed by atoms with Gasteiger partial charge in [0.1, 0.15) is 5.75 Å². The van der Waals surface area contributed by atoms with Crippen molar-refractivity contribution in [3.05, 3.63) is 65.7 Å². The largest absolute Gasteiger partial charge is 0.494 e. The minimum atomic E-state index is -1.18. The maximum absolute atomic E-state index is 12.2. The number of hydrogen-bond donors (Lipinski definition) is 0. The first-order chi connectivity index (χ1) is 17.5. The van der Waals surface area contributed by atoms with Crippen LogP contribution >= 0.6 is 0 Å². The van der Waals surface area contributed by atoms with Gasteiger partial charge in [-0.05, 0) is 56.9 Å². The van der Waals surface area contributed by atoms with Crippen molar-refractivity contribution < 1.29 is 23.8 Å². The Kier molecular flexibility index (Phi) is 11.5. The summed E-state index contributed by atoms with van der Waals surface area (Å²) in [4.78, 5) is 24.3. The van der Waals surface area contributed by atoms with E-state index in [-0.39, 0.29) is 13.2 Å². The highest BCUT2D eigenvalue weighted by Crippen LogP contribution is 2.37. The molecule has 0 radical (unpaired) electrons. The van der Waals surface area contributed by atoms with E-state index in [1.165, 1.54) is 49.0 Å². The molecule has 1 saturated heterocycles. The van der Waals surface area contributed by atoms with E-state index < -0.39 is 25.9 Å². The van der Waals surface area contributed by atoms with Crippen molar-refractivity contribution >= 4 is 20.0 Å². The van der Waals surface area contributed by atoms with Crippen LogP contribution in [0.15, 0.2) is 54.6 Å². The molecule has 0 bridgehead atoms. The van der Waals surface area contributed by atoms with Crippen LogP contribution in [0.5, 0.6) is 5.75 Å². The molecule has 0 spiro atoms. The third-order valence-corrected chi connectivity index (χ3v) is 12.6. The van der Waals surface area contributed by atoms with Gasteiger partial charge in [0.2, 0.25) is 0 Å². The highest BCUT2D eigenvalue weighted by Gasteiger charge is 2.35. The Bertz CT molecular complexity index is 904. The molecule has 1 aliphatic rings. The Balaban J connectivity index is 1.40. The van der Waals surface area contributed by atoms with E-state index in [0.29, 0.717) is 12.8 Å². The van der Waals surface area contributed by atoms with E-state index in [2.05, 4.69) is 30.3 Å². The van der Waals surface area contributed by atoms with Crippen molar-refractivity contribution in [2.75, 3.05) is 19.8 Å². The summed E-state index contributed by atoms with van der Waals surface area (Å²) in [6.07, 6.45) is 6.14. The number of carbonyl (C=O) groups is 2. The zero-order chi connectivity index (χ0) is 25.6. The molecular weight excluding hydrogens is 468 g/mol. The Morgan fingerprint density at radius 1 is 0.833 bits per heavy atom. The maximum atomic E-state index is 12.2. The molecule has 1 aliphatic heterocycles. The molecular formula is C30H42O5Si. The Morgan fingerprint density at radius 3 is 2.08 bits per heavy atom. The maximum Gasteiger partial charge on any atom is 0.320 e. The first-order valence-electron chi connectivity index (χ1n) is 13.6. The minimum absolute atomic E-state index is 0.247. The number of aryl methyl sites for hydroxylation is 1. The van der Waals surface area contributed by atoms with E-state index >= 15 is 0 Å². The van der Waals surface area contributed by atoms with Crippen molar-refractivity contribution in [3.63, 3.8) is 0 Å². The van der Waals surface area contributed by atoms with Gasteiger partial charge in [-0.25, -0.2) is 0 Å². The van der Waals surface area contributed by atoms with Crippen LogP contribution in [0.25, 0.3) is 0 Å². The normalized spacial score (nSPS) is 14.5. The van der Waals surface area contributed by atoms with E-state index in [9.17, 15) is 9.59 Å². The highest BCUT2D eigenvalue weighted by atomic mass is 28.3. The van der Waals surface area contributed by atoms with E-state index in [1.54, 1.807) is 13.8 Å². The van der Waals surface area contributed by atoms with Crippen molar-refractivity contribution in [1.82, 2.24) is 0 Å². The zero-order valence-corrected chi connectivity index (χ0v) is 23.0. The van der Waals surface area contributed by atoms with Crippen molar-refractivity contribution in [2.24, 2.45) is 5.92 Å². The average Bonchev–Trinajstić information content (AvgIpc) is 3.34. The molecule has 36 heavy (non-hydrogen) atoms. The predicted octanol–water partition coefficient (Wildman–Crippen LogP) is 6.55. The van der Waals surface area contributed by atoms with Crippen molar-refractivity contribution in [2.45, 2.75) is 76.5 Å². The van der Waals surface area contributed by atoms with Gasteiger partial charge in [0, 0.05) is 0 Å². The summed E-state index contributed by atoms with van der Waals surface area (Å²) < 4.78 is 16.1. The first-order valence-corrected chi connectivity index (χ1v) is 16.5. The fourth-order valence-corrected chi connectivity index (χ4v) is 10.7. The smallest absolute Gasteiger partial charge is 0.320 e. The molecule has 1 heterocycles. The van der Waals surface area contributed by atoms with Crippen LogP contribution in [0.4, 0.5) is 0 Å². The quantitative estimate of drug-likeness (QED) is 0.118. The molecule has 0 atom stereocenters. The number of esters is 2. The second kappa shape index (κ2) is 14.8. The third kappa shape index (κ3) is 8.81. The minimum Gasteiger partial charge on any atom is -0.494 e. The Labute approximate surface area is 217 Å². The summed E-state index contributed by atoms with van der Waals surface area (Å²) in [5.41, 5.74) is 2.58. The van der Waals surface area contributed by atoms with Gasteiger partial charge in [-0.1, -0.05) is 85.4 Å². The van der Waals surface area contributed by atoms with Gasteiger partial charge in [-0.3, -0.25) is 9.59 Å². The Hall–Kier alpha value is -2.60. The van der Waals surface area contributed by atoms with Crippen LogP contribution in [-0.2, 0) is 31.5 Å². The van der Waals surface area contributed by atoms with Crippen LogP contribution in [0.1, 0.15) is 57.1 Å². The van der Waals surface area contributed by atoms with Crippen molar-refractivity contribution in [1.29, 1.82) is 0 Å². The summed E-state index contributed by atoms with van der Waals surface area (Å²) in [6, 6.07) is 24.7. The SMILES string of the molecule is CCOC(=O)C(CCc1ccc(OCCCC[Si]2(Cc3ccccc3)CCCC2)cc1)C(=O)OCC. The molecule has 196 valence electrons. The van der Waals surface area contributed by atoms with E-state index in [0.717, 1.165) is 24.3 Å². The topological polar surface area (TPSA) is 61.8 Å². The summed E-state index contributed by atoms with van der Waals surface area (Å²) in [5, 5.41) is 0. The van der Waals surface area contributed by atoms with E-state index in [1.807, 2.05) is 24.3 Å². The summed E-state index contributed by atoms with van der Waals surface area (Å²) >= 11 is 0. The lowest BCUT2D eigenvalue weighted by Crippen LogP contribution is -2.33. The lowest BCUT2D eigenvalue weighted by atomic mass is 9.99. The Morgan fingerprint density at radius 2 is 1.47 bits per heavy atom. The number of rotatable bonds is 15. The molecule has 5 nitrogen and oxygen atoms in total. The molecule has 3 rings (SSSR count). The molecule has 0 unspecified atom stereocenters. The van der Waals surface area contributed by atoms with E-state index in [4.69, 9.17) is 14.2 Å². The van der Waals surface area contributed by atoms with Gasteiger partial charge in [-0.2, -0.15) is 0 Å². The second-order valence-electron chi connectivity index (χ2n) is 9.91. The third-order valence-electron chi connectivity index (χ3n) is 7.24. The molecule has 2 aromatic rings. The van der Waals surface area contributed by atoms with Gasteiger partial charge in [0.25, 0.3) is 0 Å². The monoisotopic (exact) mass is 510 g/mol. The van der Waals surface area contributed by atoms with Crippen LogP contribution in [-0.4, -0.2) is 39.8 Å². The molecule has 0 aliphatic carbocycles. The molecule has 6 heteroatoms. The standard InChI is InChI=1S/C30H42O5Si/c1-3-33-29(31)28(30(32)34-4-2)19-16-25-14-17-27(18-15-25)35-20-8-9-21-36(22-10-11-23-36)24-26-12-6-5-7-13-26/h5-7,12-15,17-18,28H,3-4,8-11,16,19-24H2,1-2H3. The second-order valence-corrected chi connectivity index (χ2v) is 14.8. The van der Waals surface area contributed by atoms with Gasteiger partial charge in [0.15, 0.2) is 5.92 Å². The molecule has 0 amide bonds. The highest BCUT2D eigenvalue weighted by molar-refractivity contribution is 6.80. The number of hydrogen-bond acceptors (Lipinski definition) is 5. The average molecular weight is 511 g/mol. The van der Waals surface area contributed by atoms with Gasteiger partial charge in [-0.15, -0.1) is 0 Å². The van der Waals surface area contributed by atoms with Crippen LogP contribution in [0, 0.1) is 5.92 Å². The predicted molar refractivity (Wildman–Crippen MR) is 146 cm³/mol. The molecule has 0 saturated carbocycles. The zero-order valence-electron chi connectivity index (χ0n) is 22.0. The van der Waals surface area contributed by atoms with Crippen LogP contribution < -0.4 is 4.74 Å².